The van der Waals surface area contributed by atoms with E-state index in [0.29, 0.717) is 11.8 Å². The van der Waals surface area contributed by atoms with E-state index in [4.69, 9.17) is 5.73 Å². The summed E-state index contributed by atoms with van der Waals surface area (Å²) in [5, 5.41) is 0. The molecule has 0 radical (unpaired) electrons. The number of anilines is 1. The molecule has 0 aromatic carbocycles. The lowest BCUT2D eigenvalue weighted by atomic mass is 10.1. The second-order valence-corrected chi connectivity index (χ2v) is 5.97. The third-order valence-electron chi connectivity index (χ3n) is 2.31. The van der Waals surface area contributed by atoms with Gasteiger partial charge in [-0.2, -0.15) is 0 Å². The molecule has 3 heteroatoms. The van der Waals surface area contributed by atoms with Crippen LogP contribution in [-0.4, -0.2) is 0 Å². The zero-order valence-electron chi connectivity index (χ0n) is 12.3. The van der Waals surface area contributed by atoms with E-state index in [0.717, 1.165) is 5.69 Å². The first-order valence-corrected chi connectivity index (χ1v) is 7.06. The van der Waals surface area contributed by atoms with Crippen LogP contribution in [0.2, 0.25) is 0 Å². The fourth-order valence-corrected chi connectivity index (χ4v) is 2.78. The summed E-state index contributed by atoms with van der Waals surface area (Å²) in [6.45, 7) is 15.2. The zero-order chi connectivity index (χ0) is 12.9. The van der Waals surface area contributed by atoms with Gasteiger partial charge in [0.15, 0.2) is 0 Å². The molecular formula is C14H28ClNS. The monoisotopic (exact) mass is 277 g/mol. The highest BCUT2D eigenvalue weighted by Crippen LogP contribution is 2.38. The lowest BCUT2D eigenvalue weighted by Crippen LogP contribution is -1.93. The predicted molar refractivity (Wildman–Crippen MR) is 84.9 cm³/mol. The SMILES string of the molecule is CCC.Cc1c(C(C)C)sc(C(C)C)c1N.Cl. The molecule has 0 saturated heterocycles. The van der Waals surface area contributed by atoms with Crippen LogP contribution in [0.5, 0.6) is 0 Å². The van der Waals surface area contributed by atoms with E-state index in [1.54, 1.807) is 0 Å². The maximum absolute atomic E-state index is 6.05. The molecule has 102 valence electrons. The molecule has 0 bridgehead atoms. The summed E-state index contributed by atoms with van der Waals surface area (Å²) < 4.78 is 0. The van der Waals surface area contributed by atoms with Gasteiger partial charge in [-0.3, -0.25) is 0 Å². The zero-order valence-corrected chi connectivity index (χ0v) is 13.9. The molecule has 0 aliphatic heterocycles. The van der Waals surface area contributed by atoms with Crippen LogP contribution in [0.4, 0.5) is 5.69 Å². The first-order chi connectivity index (χ1) is 7.36. The molecule has 0 unspecified atom stereocenters. The van der Waals surface area contributed by atoms with Crippen molar-refractivity contribution in [3.8, 4) is 0 Å². The fourth-order valence-electron chi connectivity index (χ4n) is 1.55. The third kappa shape index (κ3) is 5.31. The number of hydrogen-bond donors (Lipinski definition) is 1. The van der Waals surface area contributed by atoms with E-state index in [1.807, 2.05) is 11.3 Å². The average molecular weight is 278 g/mol. The van der Waals surface area contributed by atoms with Crippen molar-refractivity contribution in [3.63, 3.8) is 0 Å². The van der Waals surface area contributed by atoms with Gasteiger partial charge in [0.2, 0.25) is 0 Å². The number of hydrogen-bond acceptors (Lipinski definition) is 2. The molecule has 1 heterocycles. The molecule has 1 nitrogen and oxygen atoms in total. The lowest BCUT2D eigenvalue weighted by molar-refractivity contribution is 0.881. The van der Waals surface area contributed by atoms with E-state index >= 15 is 0 Å². The summed E-state index contributed by atoms with van der Waals surface area (Å²) >= 11 is 1.88. The summed E-state index contributed by atoms with van der Waals surface area (Å²) in [7, 11) is 0. The maximum atomic E-state index is 6.05. The smallest absolute Gasteiger partial charge is 0.0490 e. The lowest BCUT2D eigenvalue weighted by Gasteiger charge is -2.01. The first-order valence-electron chi connectivity index (χ1n) is 6.25. The van der Waals surface area contributed by atoms with Crippen molar-refractivity contribution in [1.82, 2.24) is 0 Å². The van der Waals surface area contributed by atoms with Gasteiger partial charge >= 0.3 is 0 Å². The molecule has 1 aromatic rings. The van der Waals surface area contributed by atoms with Gasteiger partial charge in [0.25, 0.3) is 0 Å². The van der Waals surface area contributed by atoms with Gasteiger partial charge in [0.1, 0.15) is 0 Å². The van der Waals surface area contributed by atoms with Gasteiger partial charge in [-0.15, -0.1) is 23.7 Å². The van der Waals surface area contributed by atoms with Crippen LogP contribution in [0.25, 0.3) is 0 Å². The molecule has 17 heavy (non-hydrogen) atoms. The summed E-state index contributed by atoms with van der Waals surface area (Å²) in [6, 6.07) is 0. The van der Waals surface area contributed by atoms with Crippen LogP contribution >= 0.6 is 23.7 Å². The molecule has 0 aliphatic rings. The number of rotatable bonds is 2. The van der Waals surface area contributed by atoms with E-state index in [2.05, 4.69) is 48.5 Å². The number of thiophene rings is 1. The quantitative estimate of drug-likeness (QED) is 0.735. The Bertz CT molecular complexity index is 288. The maximum Gasteiger partial charge on any atom is 0.0490 e. The van der Waals surface area contributed by atoms with Gasteiger partial charge in [0, 0.05) is 15.4 Å². The standard InChI is InChI=1S/C11H19NS.C3H8.ClH/c1-6(2)10-8(5)9(12)11(13-10)7(3)4;1-3-2;/h6-7H,12H2,1-5H3;3H2,1-2H3;1H. The predicted octanol–water partition coefficient (Wildman–Crippen LogP) is 5.72. The van der Waals surface area contributed by atoms with Gasteiger partial charge < -0.3 is 5.73 Å². The number of halogens is 1. The molecule has 0 fully saturated rings. The Labute approximate surface area is 117 Å². The second kappa shape index (κ2) is 8.82. The Morgan fingerprint density at radius 2 is 1.35 bits per heavy atom. The van der Waals surface area contributed by atoms with Gasteiger partial charge in [-0.05, 0) is 24.3 Å². The summed E-state index contributed by atoms with van der Waals surface area (Å²) in [4.78, 5) is 2.79. The van der Waals surface area contributed by atoms with Gasteiger partial charge in [0.05, 0.1) is 0 Å². The van der Waals surface area contributed by atoms with Crippen molar-refractivity contribution in [1.29, 1.82) is 0 Å². The second-order valence-electron chi connectivity index (χ2n) is 4.89. The number of nitrogen functional groups attached to an aromatic ring is 1. The van der Waals surface area contributed by atoms with Crippen LogP contribution in [0.15, 0.2) is 0 Å². The highest BCUT2D eigenvalue weighted by Gasteiger charge is 2.16. The van der Waals surface area contributed by atoms with Crippen LogP contribution in [0.3, 0.4) is 0 Å². The van der Waals surface area contributed by atoms with Crippen molar-refractivity contribution < 1.29 is 0 Å². The molecule has 2 N–H and O–H groups in total. The minimum absolute atomic E-state index is 0. The first kappa shape index (κ1) is 19.1. The number of nitrogens with two attached hydrogens (primary N) is 1. The summed E-state index contributed by atoms with van der Waals surface area (Å²) in [5.74, 6) is 1.15. The minimum atomic E-state index is 0. The van der Waals surface area contributed by atoms with Crippen molar-refractivity contribution in [2.24, 2.45) is 0 Å². The molecule has 0 saturated carbocycles. The Morgan fingerprint density at radius 3 is 1.53 bits per heavy atom. The van der Waals surface area contributed by atoms with Crippen LogP contribution in [-0.2, 0) is 0 Å². The normalized spacial score (nSPS) is 9.94. The average Bonchev–Trinajstić information content (AvgIpc) is 2.45. The van der Waals surface area contributed by atoms with Crippen LogP contribution < -0.4 is 5.73 Å². The Morgan fingerprint density at radius 1 is 1.00 bits per heavy atom. The van der Waals surface area contributed by atoms with E-state index < -0.39 is 0 Å². The molecule has 0 aliphatic carbocycles. The van der Waals surface area contributed by atoms with Crippen molar-refractivity contribution in [2.45, 2.75) is 66.7 Å². The fraction of sp³-hybridized carbons (Fsp3) is 0.714. The van der Waals surface area contributed by atoms with Crippen LogP contribution in [0, 0.1) is 6.92 Å². The third-order valence-corrected chi connectivity index (χ3v) is 4.22. The van der Waals surface area contributed by atoms with Crippen molar-refractivity contribution >= 4 is 29.4 Å². The van der Waals surface area contributed by atoms with Gasteiger partial charge in [-0.1, -0.05) is 48.0 Å². The highest BCUT2D eigenvalue weighted by molar-refractivity contribution is 7.13. The van der Waals surface area contributed by atoms with Crippen molar-refractivity contribution in [3.05, 3.63) is 15.3 Å². The molecule has 1 rings (SSSR count). The highest BCUT2D eigenvalue weighted by atomic mass is 35.5. The topological polar surface area (TPSA) is 26.0 Å². The van der Waals surface area contributed by atoms with E-state index in [1.165, 1.54) is 21.7 Å². The summed E-state index contributed by atoms with van der Waals surface area (Å²) in [5.41, 5.74) is 8.36. The van der Waals surface area contributed by atoms with E-state index in [-0.39, 0.29) is 12.4 Å². The molecule has 0 amide bonds. The van der Waals surface area contributed by atoms with Crippen LogP contribution in [0.1, 0.15) is 75.1 Å². The Balaban J connectivity index is 0. The van der Waals surface area contributed by atoms with Crippen molar-refractivity contribution in [2.75, 3.05) is 5.73 Å². The molecule has 0 spiro atoms. The minimum Gasteiger partial charge on any atom is -0.398 e. The largest absolute Gasteiger partial charge is 0.398 e. The van der Waals surface area contributed by atoms with E-state index in [9.17, 15) is 0 Å². The Hall–Kier alpha value is -0.210. The Kier molecular flexibility index (Phi) is 9.93. The molecule has 0 atom stereocenters. The summed E-state index contributed by atoms with van der Waals surface area (Å²) in [6.07, 6.45) is 1.25. The van der Waals surface area contributed by atoms with Gasteiger partial charge in [-0.25, -0.2) is 0 Å². The molecule has 1 aromatic heterocycles. The molecular weight excluding hydrogens is 250 g/mol.